The Morgan fingerprint density at radius 1 is 0.714 bits per heavy atom. The van der Waals surface area contributed by atoms with Gasteiger partial charge in [-0.2, -0.15) is 0 Å². The average Bonchev–Trinajstić information content (AvgIpc) is 0.811. The Hall–Kier alpha value is 2.53. The normalized spacial score (nSPS) is 5.14. The molecule has 7 heteroatoms. The van der Waals surface area contributed by atoms with E-state index in [9.17, 15) is 0 Å². The van der Waals surface area contributed by atoms with E-state index in [4.69, 9.17) is 14.7 Å². The van der Waals surface area contributed by atoms with Crippen LogP contribution in [0.2, 0.25) is 0 Å². The summed E-state index contributed by atoms with van der Waals surface area (Å²) >= 11 is 0. The fraction of sp³-hybridized carbons (Fsp3) is 0. The molecule has 0 atom stereocenters. The zero-order valence-corrected chi connectivity index (χ0v) is 9.97. The van der Waals surface area contributed by atoms with Gasteiger partial charge in [0.05, 0.1) is 0 Å². The molecule has 0 aromatic rings. The molecule has 0 amide bonds. The second-order valence-electron chi connectivity index (χ2n) is 0.224. The molecule has 0 spiro atoms. The van der Waals surface area contributed by atoms with Gasteiger partial charge in [0.15, 0.2) is 0 Å². The van der Waals surface area contributed by atoms with Crippen molar-refractivity contribution < 1.29 is 81.8 Å². The fourth-order valence-corrected chi connectivity index (χ4v) is 0. The third kappa shape index (κ3) is 56.8. The maximum atomic E-state index is 8.48. The van der Waals surface area contributed by atoms with E-state index in [1.807, 2.05) is 0 Å². The van der Waals surface area contributed by atoms with Crippen molar-refractivity contribution in [1.82, 2.24) is 0 Å². The third-order valence-corrected chi connectivity index (χ3v) is 0. The molecule has 0 radical (unpaired) electrons. The third-order valence-electron chi connectivity index (χ3n) is 0. The van der Waals surface area contributed by atoms with Crippen molar-refractivity contribution in [2.75, 3.05) is 0 Å². The molecule has 56 valence electrons. The first-order chi connectivity index (χ1) is 1.73. The van der Waals surface area contributed by atoms with Crippen LogP contribution < -0.4 is 14.7 Å². The molecule has 0 aromatic carbocycles. The van der Waals surface area contributed by atoms with E-state index in [1.165, 1.54) is 0 Å². The molecule has 0 saturated heterocycles. The first-order valence-corrected chi connectivity index (χ1v) is 1.64. The maximum absolute atomic E-state index is 8.48. The van der Waals surface area contributed by atoms with E-state index in [2.05, 4.69) is 0 Å². The van der Waals surface area contributed by atoms with E-state index in [1.54, 1.807) is 0 Å². The summed E-state index contributed by atoms with van der Waals surface area (Å²) in [5, 5.41) is 0. The molecule has 0 N–H and O–H groups in total. The molecule has 0 aromatic heterocycles. The standard InChI is InChI=1S/3Au.O3P/c;;;1-4(2)3/q3*+1;-3. The summed E-state index contributed by atoms with van der Waals surface area (Å²) in [7, 11) is -3.37. The average molecular weight is 670 g/mol. The van der Waals surface area contributed by atoms with Crippen molar-refractivity contribution in [2.24, 2.45) is 0 Å². The Balaban J connectivity index is -0.0000000150. The van der Waals surface area contributed by atoms with Gasteiger partial charge in [-0.05, 0) is 0 Å². The summed E-state index contributed by atoms with van der Waals surface area (Å²) in [4.78, 5) is 25.4. The Labute approximate surface area is 89.4 Å². The molecule has 0 unspecified atom stereocenters. The second-order valence-corrected chi connectivity index (χ2v) is 0.671. The molecule has 0 aliphatic rings. The van der Waals surface area contributed by atoms with Gasteiger partial charge >= 0.3 is 67.1 Å². The molecule has 0 rings (SSSR count). The van der Waals surface area contributed by atoms with Crippen molar-refractivity contribution in [3.05, 3.63) is 0 Å². The van der Waals surface area contributed by atoms with Crippen LogP contribution in [0.5, 0.6) is 0 Å². The first-order valence-electron chi connectivity index (χ1n) is 0.548. The zero-order valence-electron chi connectivity index (χ0n) is 2.58. The molecule has 0 aliphatic carbocycles. The predicted octanol–water partition coefficient (Wildman–Crippen LogP) is -2.71. The SMILES string of the molecule is [Au+].[Au+].[Au+].[O-]P([O-])[O-]. The minimum absolute atomic E-state index is 0. The molecule has 0 saturated carbocycles. The van der Waals surface area contributed by atoms with Crippen molar-refractivity contribution in [3.8, 4) is 0 Å². The molecular weight excluding hydrogens is 670 g/mol. The largest absolute Gasteiger partial charge is 1.00 e. The predicted molar refractivity (Wildman–Crippen MR) is 6.92 cm³/mol. The summed E-state index contributed by atoms with van der Waals surface area (Å²) in [6.07, 6.45) is 0. The molecule has 0 fully saturated rings. The quantitative estimate of drug-likeness (QED) is 0.208. The van der Waals surface area contributed by atoms with Crippen LogP contribution in [0.3, 0.4) is 0 Å². The number of hydrogen-bond acceptors (Lipinski definition) is 3. The van der Waals surface area contributed by atoms with Crippen LogP contribution in [0.1, 0.15) is 0 Å². The Morgan fingerprint density at radius 3 is 0.714 bits per heavy atom. The second kappa shape index (κ2) is 15.8. The Morgan fingerprint density at radius 2 is 0.714 bits per heavy atom. The number of rotatable bonds is 0. The van der Waals surface area contributed by atoms with Gasteiger partial charge in [-0.3, -0.25) is 0 Å². The van der Waals surface area contributed by atoms with Gasteiger partial charge in [0.25, 0.3) is 0 Å². The summed E-state index contributed by atoms with van der Waals surface area (Å²) in [5.74, 6) is 0. The van der Waals surface area contributed by atoms with E-state index < -0.39 is 8.60 Å². The van der Waals surface area contributed by atoms with Crippen LogP contribution >= 0.6 is 8.60 Å². The van der Waals surface area contributed by atoms with Crippen molar-refractivity contribution in [2.45, 2.75) is 0 Å². The van der Waals surface area contributed by atoms with Crippen LogP contribution in [-0.4, -0.2) is 0 Å². The van der Waals surface area contributed by atoms with E-state index >= 15 is 0 Å². The fourth-order valence-electron chi connectivity index (χ4n) is 0. The van der Waals surface area contributed by atoms with Crippen LogP contribution in [-0.2, 0) is 67.1 Å². The molecular formula is Au3O3P. The van der Waals surface area contributed by atoms with Gasteiger partial charge in [-0.1, -0.05) is 0 Å². The molecule has 0 heterocycles. The summed E-state index contributed by atoms with van der Waals surface area (Å²) in [5.41, 5.74) is 0. The van der Waals surface area contributed by atoms with Crippen LogP contribution in [0.25, 0.3) is 0 Å². The van der Waals surface area contributed by atoms with Gasteiger partial charge in [0.2, 0.25) is 0 Å². The van der Waals surface area contributed by atoms with E-state index in [0.29, 0.717) is 0 Å². The first kappa shape index (κ1) is 22.7. The topological polar surface area (TPSA) is 69.2 Å². The Bertz CT molecular complexity index is 14.9. The zero-order chi connectivity index (χ0) is 3.58. The molecule has 3 nitrogen and oxygen atoms in total. The van der Waals surface area contributed by atoms with Crippen molar-refractivity contribution >= 4 is 8.60 Å². The van der Waals surface area contributed by atoms with Gasteiger partial charge in [0, 0.05) is 0 Å². The van der Waals surface area contributed by atoms with Crippen LogP contribution in [0.4, 0.5) is 0 Å². The van der Waals surface area contributed by atoms with Gasteiger partial charge in [-0.25, -0.2) is 0 Å². The van der Waals surface area contributed by atoms with Crippen LogP contribution in [0.15, 0.2) is 0 Å². The summed E-state index contributed by atoms with van der Waals surface area (Å²) in [6, 6.07) is 0. The molecule has 0 aliphatic heterocycles. The minimum atomic E-state index is -3.37. The summed E-state index contributed by atoms with van der Waals surface area (Å²) < 4.78 is 0. The van der Waals surface area contributed by atoms with Gasteiger partial charge < -0.3 is 23.3 Å². The minimum Gasteiger partial charge on any atom is -0.854 e. The van der Waals surface area contributed by atoms with Crippen LogP contribution in [0, 0.1) is 0 Å². The van der Waals surface area contributed by atoms with E-state index in [0.717, 1.165) is 0 Å². The maximum Gasteiger partial charge on any atom is 1.00 e. The number of hydrogen-bond donors (Lipinski definition) is 0. The van der Waals surface area contributed by atoms with Crippen molar-refractivity contribution in [3.63, 3.8) is 0 Å². The molecule has 7 heavy (non-hydrogen) atoms. The summed E-state index contributed by atoms with van der Waals surface area (Å²) in [6.45, 7) is 0. The van der Waals surface area contributed by atoms with E-state index in [-0.39, 0.29) is 67.1 Å². The van der Waals surface area contributed by atoms with Gasteiger partial charge in [0.1, 0.15) is 0 Å². The smallest absolute Gasteiger partial charge is 0.854 e. The van der Waals surface area contributed by atoms with Crippen molar-refractivity contribution in [1.29, 1.82) is 0 Å². The Kier molecular flexibility index (Phi) is 51.2. The molecule has 0 bridgehead atoms. The monoisotopic (exact) mass is 670 g/mol. The van der Waals surface area contributed by atoms with Gasteiger partial charge in [-0.15, -0.1) is 0 Å².